The highest BCUT2D eigenvalue weighted by molar-refractivity contribution is 9.10. The van der Waals surface area contributed by atoms with E-state index in [0.717, 1.165) is 11.3 Å². The number of hydrogen-bond acceptors (Lipinski definition) is 6. The van der Waals surface area contributed by atoms with Crippen LogP contribution in [0.4, 0.5) is 5.13 Å². The third-order valence-electron chi connectivity index (χ3n) is 2.16. The third kappa shape index (κ3) is 3.23. The van der Waals surface area contributed by atoms with E-state index in [1.54, 1.807) is 19.1 Å². The van der Waals surface area contributed by atoms with Crippen molar-refractivity contribution in [2.24, 2.45) is 0 Å². The van der Waals surface area contributed by atoms with E-state index in [1.807, 2.05) is 0 Å². The standard InChI is InChI=1S/C10H10BrN3O3S2/c1-6-12-13-10(18-6)14-19(15,16)9-5-7(11)3-4-8(9)17-2/h3-5H,1-2H3,(H,13,14). The lowest BCUT2D eigenvalue weighted by Gasteiger charge is -2.09. The minimum Gasteiger partial charge on any atom is -0.495 e. The Kier molecular flexibility index (Phi) is 4.07. The highest BCUT2D eigenvalue weighted by Crippen LogP contribution is 2.29. The molecule has 0 bridgehead atoms. The number of hydrogen-bond donors (Lipinski definition) is 1. The average Bonchev–Trinajstić information content (AvgIpc) is 2.74. The van der Waals surface area contributed by atoms with Gasteiger partial charge < -0.3 is 4.74 Å². The van der Waals surface area contributed by atoms with Gasteiger partial charge in [0.2, 0.25) is 5.13 Å². The zero-order chi connectivity index (χ0) is 14.0. The molecule has 2 rings (SSSR count). The second kappa shape index (κ2) is 5.43. The number of aryl methyl sites for hydroxylation is 1. The number of methoxy groups -OCH3 is 1. The molecule has 19 heavy (non-hydrogen) atoms. The molecule has 2 aromatic rings. The number of sulfonamides is 1. The molecule has 0 saturated heterocycles. The van der Waals surface area contributed by atoms with E-state index in [9.17, 15) is 8.42 Å². The van der Waals surface area contributed by atoms with Gasteiger partial charge in [0.1, 0.15) is 15.7 Å². The van der Waals surface area contributed by atoms with Crippen molar-refractivity contribution in [2.75, 3.05) is 11.8 Å². The van der Waals surface area contributed by atoms with Crippen LogP contribution < -0.4 is 9.46 Å². The molecule has 6 nitrogen and oxygen atoms in total. The molecule has 0 aliphatic rings. The summed E-state index contributed by atoms with van der Waals surface area (Å²) >= 11 is 4.40. The lowest BCUT2D eigenvalue weighted by Crippen LogP contribution is -2.14. The van der Waals surface area contributed by atoms with Crippen molar-refractivity contribution in [2.45, 2.75) is 11.8 Å². The van der Waals surface area contributed by atoms with E-state index in [2.05, 4.69) is 30.8 Å². The van der Waals surface area contributed by atoms with Crippen molar-refractivity contribution in [3.05, 3.63) is 27.7 Å². The van der Waals surface area contributed by atoms with Crippen LogP contribution in [0.15, 0.2) is 27.6 Å². The topological polar surface area (TPSA) is 81.2 Å². The van der Waals surface area contributed by atoms with Gasteiger partial charge in [-0.25, -0.2) is 8.42 Å². The van der Waals surface area contributed by atoms with Gasteiger partial charge in [-0.3, -0.25) is 4.72 Å². The number of ether oxygens (including phenoxy) is 1. The number of halogens is 1. The molecule has 0 aliphatic heterocycles. The normalized spacial score (nSPS) is 11.3. The molecule has 1 aromatic heterocycles. The molecule has 0 amide bonds. The summed E-state index contributed by atoms with van der Waals surface area (Å²) in [6, 6.07) is 4.74. The molecule has 102 valence electrons. The van der Waals surface area contributed by atoms with Crippen molar-refractivity contribution in [1.82, 2.24) is 10.2 Å². The molecule has 0 fully saturated rings. The van der Waals surface area contributed by atoms with Crippen molar-refractivity contribution >= 4 is 42.4 Å². The first kappa shape index (κ1) is 14.2. The van der Waals surface area contributed by atoms with Crippen LogP contribution in [-0.2, 0) is 10.0 Å². The lowest BCUT2D eigenvalue weighted by atomic mass is 10.3. The fourth-order valence-electron chi connectivity index (χ4n) is 1.37. The Bertz CT molecular complexity index is 700. The SMILES string of the molecule is COc1ccc(Br)cc1S(=O)(=O)Nc1nnc(C)s1. The van der Waals surface area contributed by atoms with Gasteiger partial charge in [0.05, 0.1) is 7.11 Å². The van der Waals surface area contributed by atoms with E-state index in [1.165, 1.54) is 13.2 Å². The van der Waals surface area contributed by atoms with E-state index < -0.39 is 10.0 Å². The van der Waals surface area contributed by atoms with E-state index >= 15 is 0 Å². The summed E-state index contributed by atoms with van der Waals surface area (Å²) < 4.78 is 32.6. The first-order valence-electron chi connectivity index (χ1n) is 5.09. The maximum Gasteiger partial charge on any atom is 0.267 e. The number of nitrogens with one attached hydrogen (secondary N) is 1. The van der Waals surface area contributed by atoms with Crippen LogP contribution in [0, 0.1) is 6.92 Å². The first-order chi connectivity index (χ1) is 8.92. The zero-order valence-electron chi connectivity index (χ0n) is 10.0. The summed E-state index contributed by atoms with van der Waals surface area (Å²) in [5.74, 6) is 0.261. The number of benzene rings is 1. The van der Waals surface area contributed by atoms with E-state index in [-0.39, 0.29) is 15.8 Å². The molecular formula is C10H10BrN3O3S2. The molecule has 9 heteroatoms. The second-order valence-electron chi connectivity index (χ2n) is 3.53. The molecule has 1 N–H and O–H groups in total. The van der Waals surface area contributed by atoms with Crippen molar-refractivity contribution in [3.8, 4) is 5.75 Å². The summed E-state index contributed by atoms with van der Waals surface area (Å²) in [6.07, 6.45) is 0. The Morgan fingerprint density at radius 2 is 2.11 bits per heavy atom. The van der Waals surface area contributed by atoms with Crippen LogP contribution in [0.25, 0.3) is 0 Å². The van der Waals surface area contributed by atoms with Gasteiger partial charge in [0, 0.05) is 4.47 Å². The van der Waals surface area contributed by atoms with Crippen LogP contribution >= 0.6 is 27.3 Å². The van der Waals surface area contributed by atoms with Gasteiger partial charge >= 0.3 is 0 Å². The lowest BCUT2D eigenvalue weighted by molar-refractivity contribution is 0.403. The third-order valence-corrected chi connectivity index (χ3v) is 4.90. The van der Waals surface area contributed by atoms with Gasteiger partial charge in [-0.05, 0) is 25.1 Å². The molecule has 0 spiro atoms. The van der Waals surface area contributed by atoms with Crippen LogP contribution in [0.3, 0.4) is 0 Å². The summed E-state index contributed by atoms with van der Waals surface area (Å²) in [4.78, 5) is 0.0391. The molecular weight excluding hydrogens is 354 g/mol. The Morgan fingerprint density at radius 3 is 2.68 bits per heavy atom. The number of rotatable bonds is 4. The molecule has 1 heterocycles. The van der Waals surface area contributed by atoms with Gasteiger partial charge in [-0.2, -0.15) is 0 Å². The first-order valence-corrected chi connectivity index (χ1v) is 8.18. The summed E-state index contributed by atoms with van der Waals surface area (Å²) in [6.45, 7) is 1.75. The maximum absolute atomic E-state index is 12.3. The molecule has 0 radical (unpaired) electrons. The molecule has 1 aromatic carbocycles. The van der Waals surface area contributed by atoms with E-state index in [0.29, 0.717) is 9.48 Å². The summed E-state index contributed by atoms with van der Waals surface area (Å²) in [5, 5.41) is 8.39. The summed E-state index contributed by atoms with van der Waals surface area (Å²) in [5.41, 5.74) is 0. The Hall–Kier alpha value is -1.19. The second-order valence-corrected chi connectivity index (χ2v) is 7.28. The molecule has 0 unspecified atom stereocenters. The van der Waals surface area contributed by atoms with Crippen molar-refractivity contribution in [1.29, 1.82) is 0 Å². The minimum absolute atomic E-state index is 0.0391. The van der Waals surface area contributed by atoms with Gasteiger partial charge in [0.15, 0.2) is 0 Å². The van der Waals surface area contributed by atoms with Crippen LogP contribution in [0.5, 0.6) is 5.75 Å². The maximum atomic E-state index is 12.3. The molecule has 0 atom stereocenters. The number of aromatic nitrogens is 2. The Balaban J connectivity index is 2.41. The quantitative estimate of drug-likeness (QED) is 0.901. The predicted molar refractivity (Wildman–Crippen MR) is 76.1 cm³/mol. The Morgan fingerprint density at radius 1 is 1.37 bits per heavy atom. The van der Waals surface area contributed by atoms with Gasteiger partial charge in [-0.1, -0.05) is 27.3 Å². The molecule has 0 aliphatic carbocycles. The zero-order valence-corrected chi connectivity index (χ0v) is 13.3. The van der Waals surface area contributed by atoms with Crippen LogP contribution in [0.1, 0.15) is 5.01 Å². The number of nitrogens with zero attached hydrogens (tertiary/aromatic N) is 2. The van der Waals surface area contributed by atoms with Gasteiger partial charge in [0.25, 0.3) is 10.0 Å². The van der Waals surface area contributed by atoms with Crippen LogP contribution in [0.2, 0.25) is 0 Å². The molecule has 0 saturated carbocycles. The van der Waals surface area contributed by atoms with E-state index in [4.69, 9.17) is 4.74 Å². The predicted octanol–water partition coefficient (Wildman–Crippen LogP) is 2.42. The van der Waals surface area contributed by atoms with Crippen molar-refractivity contribution in [3.63, 3.8) is 0 Å². The fourth-order valence-corrected chi connectivity index (χ4v) is 3.90. The summed E-state index contributed by atoms with van der Waals surface area (Å²) in [7, 11) is -2.35. The minimum atomic E-state index is -3.76. The Labute approximate surface area is 123 Å². The highest BCUT2D eigenvalue weighted by atomic mass is 79.9. The fraction of sp³-hybridized carbons (Fsp3) is 0.200. The van der Waals surface area contributed by atoms with Crippen LogP contribution in [-0.4, -0.2) is 25.7 Å². The number of anilines is 1. The van der Waals surface area contributed by atoms with Gasteiger partial charge in [-0.15, -0.1) is 10.2 Å². The van der Waals surface area contributed by atoms with Crippen molar-refractivity contribution < 1.29 is 13.2 Å². The largest absolute Gasteiger partial charge is 0.495 e. The highest BCUT2D eigenvalue weighted by Gasteiger charge is 2.21. The smallest absolute Gasteiger partial charge is 0.267 e. The monoisotopic (exact) mass is 363 g/mol. The average molecular weight is 364 g/mol.